The molecule has 1 fully saturated rings. The molecule has 0 atom stereocenters. The minimum absolute atomic E-state index is 0.704. The van der Waals surface area contributed by atoms with E-state index in [1.165, 1.54) is 12.8 Å². The molecule has 1 aliphatic heterocycles. The average Bonchev–Trinajstić information content (AvgIpc) is 2.82. The number of nitrogens with zero attached hydrogens (tertiary/aromatic N) is 2. The maximum atomic E-state index is 8.88. The van der Waals surface area contributed by atoms with Crippen LogP contribution in [0.25, 0.3) is 0 Å². The zero-order valence-corrected chi connectivity index (χ0v) is 9.57. The number of benzene rings is 1. The molecular weight excluding hydrogens is 200 g/mol. The lowest BCUT2D eigenvalue weighted by Gasteiger charge is -2.16. The highest BCUT2D eigenvalue weighted by Gasteiger charge is 2.14. The third-order valence-corrected chi connectivity index (χ3v) is 3.00. The van der Waals surface area contributed by atoms with Gasteiger partial charge in [0.2, 0.25) is 0 Å². The molecule has 0 N–H and O–H groups in total. The van der Waals surface area contributed by atoms with Crippen LogP contribution < -0.4 is 4.74 Å². The van der Waals surface area contributed by atoms with E-state index in [0.29, 0.717) is 5.56 Å². The van der Waals surface area contributed by atoms with Gasteiger partial charge in [-0.15, -0.1) is 0 Å². The average molecular weight is 216 g/mol. The summed E-state index contributed by atoms with van der Waals surface area (Å²) in [6.45, 7) is 3.19. The van der Waals surface area contributed by atoms with E-state index in [1.54, 1.807) is 13.2 Å². The first kappa shape index (κ1) is 11.0. The van der Waals surface area contributed by atoms with E-state index >= 15 is 0 Å². The van der Waals surface area contributed by atoms with Gasteiger partial charge in [0.05, 0.1) is 18.7 Å². The van der Waals surface area contributed by atoms with Gasteiger partial charge in [0.25, 0.3) is 0 Å². The maximum absolute atomic E-state index is 8.88. The van der Waals surface area contributed by atoms with Crippen LogP contribution in [-0.2, 0) is 6.54 Å². The van der Waals surface area contributed by atoms with Gasteiger partial charge in [-0.1, -0.05) is 0 Å². The monoisotopic (exact) mass is 216 g/mol. The van der Waals surface area contributed by atoms with Crippen molar-refractivity contribution in [1.82, 2.24) is 4.90 Å². The van der Waals surface area contributed by atoms with Crippen molar-refractivity contribution in [3.63, 3.8) is 0 Å². The molecule has 3 nitrogen and oxygen atoms in total. The zero-order chi connectivity index (χ0) is 11.4. The smallest absolute Gasteiger partial charge is 0.123 e. The predicted molar refractivity (Wildman–Crippen MR) is 62.2 cm³/mol. The van der Waals surface area contributed by atoms with Crippen molar-refractivity contribution in [3.8, 4) is 11.8 Å². The molecule has 0 bridgehead atoms. The van der Waals surface area contributed by atoms with Gasteiger partial charge in [0.1, 0.15) is 5.75 Å². The molecule has 3 heteroatoms. The Kier molecular flexibility index (Phi) is 3.43. The summed E-state index contributed by atoms with van der Waals surface area (Å²) >= 11 is 0. The van der Waals surface area contributed by atoms with Crippen molar-refractivity contribution in [2.24, 2.45) is 0 Å². The number of ether oxygens (including phenoxy) is 1. The first-order valence-corrected chi connectivity index (χ1v) is 5.63. The van der Waals surface area contributed by atoms with Crippen molar-refractivity contribution in [2.45, 2.75) is 19.4 Å². The number of likely N-dealkylation sites (tertiary alicyclic amines) is 1. The summed E-state index contributed by atoms with van der Waals surface area (Å²) in [4.78, 5) is 2.40. The van der Waals surface area contributed by atoms with Crippen LogP contribution in [0.4, 0.5) is 0 Å². The lowest BCUT2D eigenvalue weighted by atomic mass is 10.1. The highest BCUT2D eigenvalue weighted by Crippen LogP contribution is 2.23. The third-order valence-electron chi connectivity index (χ3n) is 3.00. The highest BCUT2D eigenvalue weighted by atomic mass is 16.5. The van der Waals surface area contributed by atoms with Crippen LogP contribution in [0.1, 0.15) is 24.0 Å². The van der Waals surface area contributed by atoms with Crippen LogP contribution in [0.3, 0.4) is 0 Å². The molecule has 0 amide bonds. The predicted octanol–water partition coefficient (Wildman–Crippen LogP) is 2.16. The second kappa shape index (κ2) is 5.00. The van der Waals surface area contributed by atoms with Crippen LogP contribution in [0.15, 0.2) is 18.2 Å². The zero-order valence-electron chi connectivity index (χ0n) is 9.57. The minimum atomic E-state index is 0.704. The lowest BCUT2D eigenvalue weighted by molar-refractivity contribution is 0.321. The Morgan fingerprint density at radius 2 is 2.12 bits per heavy atom. The SMILES string of the molecule is COc1ccc(C#N)cc1CN1CCCC1. The van der Waals surface area contributed by atoms with Crippen LogP contribution in [0, 0.1) is 11.3 Å². The number of nitriles is 1. The van der Waals surface area contributed by atoms with Gasteiger partial charge >= 0.3 is 0 Å². The van der Waals surface area contributed by atoms with Crippen LogP contribution in [0.5, 0.6) is 5.75 Å². The molecule has 16 heavy (non-hydrogen) atoms. The highest BCUT2D eigenvalue weighted by molar-refractivity contribution is 5.42. The summed E-state index contributed by atoms with van der Waals surface area (Å²) in [6.07, 6.45) is 2.56. The van der Waals surface area contributed by atoms with E-state index in [1.807, 2.05) is 12.1 Å². The standard InChI is InChI=1S/C13H16N2O/c1-16-13-5-4-11(9-14)8-12(13)10-15-6-2-3-7-15/h4-5,8H,2-3,6-7,10H2,1H3. The molecule has 1 aliphatic rings. The van der Waals surface area contributed by atoms with E-state index in [-0.39, 0.29) is 0 Å². The Morgan fingerprint density at radius 1 is 1.38 bits per heavy atom. The van der Waals surface area contributed by atoms with Gasteiger partial charge in [0.15, 0.2) is 0 Å². The Hall–Kier alpha value is -1.53. The van der Waals surface area contributed by atoms with Gasteiger partial charge < -0.3 is 4.74 Å². The Bertz CT molecular complexity index is 403. The molecule has 84 valence electrons. The van der Waals surface area contributed by atoms with Crippen molar-refractivity contribution >= 4 is 0 Å². The molecule has 0 saturated carbocycles. The molecule has 0 spiro atoms. The fourth-order valence-electron chi connectivity index (χ4n) is 2.15. The second-order valence-corrected chi connectivity index (χ2v) is 4.12. The molecule has 0 aliphatic carbocycles. The largest absolute Gasteiger partial charge is 0.496 e. The molecule has 2 rings (SSSR count). The van der Waals surface area contributed by atoms with Crippen LogP contribution >= 0.6 is 0 Å². The summed E-state index contributed by atoms with van der Waals surface area (Å²) in [7, 11) is 1.68. The first-order valence-electron chi connectivity index (χ1n) is 5.63. The number of methoxy groups -OCH3 is 1. The van der Waals surface area contributed by atoms with E-state index in [4.69, 9.17) is 10.00 Å². The Balaban J connectivity index is 2.19. The van der Waals surface area contributed by atoms with E-state index in [9.17, 15) is 0 Å². The van der Waals surface area contributed by atoms with E-state index in [0.717, 1.165) is 30.9 Å². The maximum Gasteiger partial charge on any atom is 0.123 e. The second-order valence-electron chi connectivity index (χ2n) is 4.12. The molecule has 0 unspecified atom stereocenters. The minimum Gasteiger partial charge on any atom is -0.496 e. The molecule has 0 aromatic heterocycles. The van der Waals surface area contributed by atoms with Crippen molar-refractivity contribution in [1.29, 1.82) is 5.26 Å². The summed E-state index contributed by atoms with van der Waals surface area (Å²) in [5, 5.41) is 8.88. The first-order chi connectivity index (χ1) is 7.83. The van der Waals surface area contributed by atoms with Gasteiger partial charge in [-0.3, -0.25) is 4.90 Å². The third kappa shape index (κ3) is 2.34. The van der Waals surface area contributed by atoms with Crippen LogP contribution in [0.2, 0.25) is 0 Å². The van der Waals surface area contributed by atoms with Gasteiger partial charge in [-0.05, 0) is 44.1 Å². The fraction of sp³-hybridized carbons (Fsp3) is 0.462. The molecule has 1 aromatic rings. The fourth-order valence-corrected chi connectivity index (χ4v) is 2.15. The molecule has 0 radical (unpaired) electrons. The van der Waals surface area contributed by atoms with Crippen LogP contribution in [-0.4, -0.2) is 25.1 Å². The summed E-state index contributed by atoms with van der Waals surface area (Å²) in [5.74, 6) is 0.880. The molecule has 1 aromatic carbocycles. The number of hydrogen-bond donors (Lipinski definition) is 0. The Morgan fingerprint density at radius 3 is 2.75 bits per heavy atom. The lowest BCUT2D eigenvalue weighted by Crippen LogP contribution is -2.18. The van der Waals surface area contributed by atoms with Gasteiger partial charge in [0, 0.05) is 12.1 Å². The topological polar surface area (TPSA) is 36.3 Å². The Labute approximate surface area is 96.2 Å². The number of hydrogen-bond acceptors (Lipinski definition) is 3. The van der Waals surface area contributed by atoms with Crippen molar-refractivity contribution in [2.75, 3.05) is 20.2 Å². The van der Waals surface area contributed by atoms with Crippen molar-refractivity contribution < 1.29 is 4.74 Å². The van der Waals surface area contributed by atoms with Gasteiger partial charge in [-0.2, -0.15) is 5.26 Å². The van der Waals surface area contributed by atoms with E-state index < -0.39 is 0 Å². The summed E-state index contributed by atoms with van der Waals surface area (Å²) in [6, 6.07) is 7.77. The normalized spacial score (nSPS) is 16.0. The molecular formula is C13H16N2O. The summed E-state index contributed by atoms with van der Waals surface area (Å²) in [5.41, 5.74) is 1.82. The quantitative estimate of drug-likeness (QED) is 0.776. The number of rotatable bonds is 3. The van der Waals surface area contributed by atoms with Gasteiger partial charge in [-0.25, -0.2) is 0 Å². The van der Waals surface area contributed by atoms with E-state index in [2.05, 4.69) is 11.0 Å². The molecule has 1 saturated heterocycles. The summed E-state index contributed by atoms with van der Waals surface area (Å²) < 4.78 is 5.32. The molecule has 1 heterocycles. The van der Waals surface area contributed by atoms with Crippen molar-refractivity contribution in [3.05, 3.63) is 29.3 Å².